The van der Waals surface area contributed by atoms with Crippen LogP contribution in [-0.2, 0) is 9.47 Å². The van der Waals surface area contributed by atoms with Crippen LogP contribution in [-0.4, -0.2) is 70.1 Å². The fourth-order valence-electron chi connectivity index (χ4n) is 2.67. The first-order chi connectivity index (χ1) is 11.5. The van der Waals surface area contributed by atoms with Crippen molar-refractivity contribution >= 4 is 5.96 Å². The van der Waals surface area contributed by atoms with Gasteiger partial charge in [0.2, 0.25) is 0 Å². The molecule has 1 fully saturated rings. The molecule has 0 saturated carbocycles. The zero-order valence-electron chi connectivity index (χ0n) is 14.7. The Bertz CT molecular complexity index is 357. The molecule has 1 rings (SSSR count). The Balaban J connectivity index is 2.17. The van der Waals surface area contributed by atoms with Gasteiger partial charge in [-0.05, 0) is 32.1 Å². The molecule has 0 aromatic rings. The van der Waals surface area contributed by atoms with E-state index in [1.807, 2.05) is 0 Å². The molecule has 1 N–H and O–H groups in total. The molecule has 0 aliphatic carbocycles. The summed E-state index contributed by atoms with van der Waals surface area (Å²) in [5, 5.41) is 3.15. The van der Waals surface area contributed by atoms with Gasteiger partial charge in [0.05, 0.1) is 6.10 Å². The molecular weight excluding hydrogens is 323 g/mol. The van der Waals surface area contributed by atoms with Crippen LogP contribution in [0.2, 0.25) is 0 Å². The third kappa shape index (κ3) is 9.32. The minimum Gasteiger partial charge on any atom is -0.385 e. The van der Waals surface area contributed by atoms with Crippen molar-refractivity contribution in [2.75, 3.05) is 47.0 Å². The van der Waals surface area contributed by atoms with Crippen LogP contribution in [0.25, 0.3) is 0 Å². The summed E-state index contributed by atoms with van der Waals surface area (Å²) in [5.41, 5.74) is 0. The summed E-state index contributed by atoms with van der Waals surface area (Å²) in [6, 6.07) is 0. The summed E-state index contributed by atoms with van der Waals surface area (Å²) in [5.74, 6) is 0.764. The van der Waals surface area contributed by atoms with E-state index in [0.717, 1.165) is 38.3 Å². The fourth-order valence-corrected chi connectivity index (χ4v) is 2.67. The van der Waals surface area contributed by atoms with Gasteiger partial charge in [-0.2, -0.15) is 13.2 Å². The average Bonchev–Trinajstić information content (AvgIpc) is 2.55. The monoisotopic (exact) mass is 353 g/mol. The van der Waals surface area contributed by atoms with Crippen LogP contribution >= 0.6 is 0 Å². The van der Waals surface area contributed by atoms with Crippen LogP contribution in [0, 0.1) is 0 Å². The molecule has 8 heteroatoms. The number of hydrogen-bond acceptors (Lipinski definition) is 3. The van der Waals surface area contributed by atoms with Crippen LogP contribution < -0.4 is 5.32 Å². The molecule has 0 bridgehead atoms. The van der Waals surface area contributed by atoms with E-state index in [4.69, 9.17) is 9.47 Å². The number of ether oxygens (including phenoxy) is 2. The zero-order valence-corrected chi connectivity index (χ0v) is 14.7. The van der Waals surface area contributed by atoms with E-state index in [-0.39, 0.29) is 12.5 Å². The molecule has 24 heavy (non-hydrogen) atoms. The molecule has 0 unspecified atom stereocenters. The summed E-state index contributed by atoms with van der Waals surface area (Å²) in [7, 11) is 3.38. The molecule has 1 saturated heterocycles. The van der Waals surface area contributed by atoms with Crippen molar-refractivity contribution in [2.45, 2.75) is 50.8 Å². The lowest BCUT2D eigenvalue weighted by molar-refractivity contribution is -0.135. The molecule has 0 aromatic heterocycles. The van der Waals surface area contributed by atoms with Crippen LogP contribution in [0.1, 0.15) is 38.5 Å². The van der Waals surface area contributed by atoms with E-state index in [1.165, 1.54) is 0 Å². The Morgan fingerprint density at radius 3 is 2.46 bits per heavy atom. The molecule has 1 heterocycles. The predicted molar refractivity (Wildman–Crippen MR) is 88.3 cm³/mol. The highest BCUT2D eigenvalue weighted by atomic mass is 19.4. The predicted octanol–water partition coefficient (Wildman–Crippen LogP) is 2.81. The van der Waals surface area contributed by atoms with Crippen molar-refractivity contribution in [1.82, 2.24) is 10.2 Å². The minimum absolute atomic E-state index is 0.144. The van der Waals surface area contributed by atoms with E-state index in [1.54, 1.807) is 14.2 Å². The highest BCUT2D eigenvalue weighted by Crippen LogP contribution is 2.21. The van der Waals surface area contributed by atoms with Gasteiger partial charge in [0.15, 0.2) is 5.96 Å². The maximum absolute atomic E-state index is 12.1. The quantitative estimate of drug-likeness (QED) is 0.393. The third-order valence-corrected chi connectivity index (χ3v) is 3.97. The molecule has 0 amide bonds. The number of likely N-dealkylation sites (tertiary alicyclic amines) is 1. The maximum Gasteiger partial charge on any atom is 0.389 e. The highest BCUT2D eigenvalue weighted by Gasteiger charge is 2.26. The molecule has 1 aliphatic rings. The molecule has 0 spiro atoms. The molecule has 0 radical (unpaired) electrons. The summed E-state index contributed by atoms with van der Waals surface area (Å²) in [6.07, 6.45) is -1.13. The smallest absolute Gasteiger partial charge is 0.385 e. The number of hydrogen-bond donors (Lipinski definition) is 1. The van der Waals surface area contributed by atoms with Gasteiger partial charge in [-0.3, -0.25) is 4.99 Å². The van der Waals surface area contributed by atoms with Gasteiger partial charge in [-0.15, -0.1) is 0 Å². The van der Waals surface area contributed by atoms with E-state index >= 15 is 0 Å². The van der Waals surface area contributed by atoms with Crippen molar-refractivity contribution in [3.05, 3.63) is 0 Å². The number of alkyl halides is 3. The molecule has 0 atom stereocenters. The SMILES string of the molecule is CN=C(NCCCCC(F)(F)F)N1CCC(OCCCOC)CC1. The topological polar surface area (TPSA) is 46.1 Å². The van der Waals surface area contributed by atoms with E-state index < -0.39 is 12.6 Å². The Kier molecular flexibility index (Phi) is 10.1. The van der Waals surface area contributed by atoms with Crippen molar-refractivity contribution in [1.29, 1.82) is 0 Å². The second kappa shape index (κ2) is 11.5. The third-order valence-electron chi connectivity index (χ3n) is 3.97. The number of guanidine groups is 1. The van der Waals surface area contributed by atoms with Crippen molar-refractivity contribution in [2.24, 2.45) is 4.99 Å². The summed E-state index contributed by atoms with van der Waals surface area (Å²) in [6.45, 7) is 3.62. The first-order valence-electron chi connectivity index (χ1n) is 8.59. The van der Waals surface area contributed by atoms with E-state index in [9.17, 15) is 13.2 Å². The van der Waals surface area contributed by atoms with Crippen molar-refractivity contribution in [3.8, 4) is 0 Å². The Hall–Kier alpha value is -1.02. The minimum atomic E-state index is -4.06. The number of nitrogens with one attached hydrogen (secondary N) is 1. The summed E-state index contributed by atoms with van der Waals surface area (Å²) >= 11 is 0. The van der Waals surface area contributed by atoms with Gasteiger partial charge in [0, 0.05) is 53.4 Å². The van der Waals surface area contributed by atoms with Gasteiger partial charge in [0.25, 0.3) is 0 Å². The molecule has 0 aromatic carbocycles. The zero-order chi connectivity index (χ0) is 17.8. The average molecular weight is 353 g/mol. The van der Waals surface area contributed by atoms with Gasteiger partial charge in [-0.25, -0.2) is 0 Å². The maximum atomic E-state index is 12.1. The van der Waals surface area contributed by atoms with E-state index in [0.29, 0.717) is 26.2 Å². The van der Waals surface area contributed by atoms with Crippen molar-refractivity contribution in [3.63, 3.8) is 0 Å². The van der Waals surface area contributed by atoms with Gasteiger partial charge in [0.1, 0.15) is 0 Å². The summed E-state index contributed by atoms with van der Waals surface area (Å²) in [4.78, 5) is 6.36. The number of aliphatic imine (C=N–C) groups is 1. The van der Waals surface area contributed by atoms with Crippen molar-refractivity contribution < 1.29 is 22.6 Å². The Morgan fingerprint density at radius 1 is 1.17 bits per heavy atom. The Labute approximate surface area is 142 Å². The molecular formula is C16H30F3N3O2. The standard InChI is InChI=1S/C16H30F3N3O2/c1-20-15(21-9-4-3-8-16(17,18)19)22-10-6-14(7-11-22)24-13-5-12-23-2/h14H,3-13H2,1-2H3,(H,20,21). The van der Waals surface area contributed by atoms with Gasteiger partial charge >= 0.3 is 6.18 Å². The lowest BCUT2D eigenvalue weighted by atomic mass is 10.1. The number of piperidine rings is 1. The number of nitrogens with zero attached hydrogens (tertiary/aromatic N) is 2. The normalized spacial score (nSPS) is 17.4. The van der Waals surface area contributed by atoms with Crippen LogP contribution in [0.5, 0.6) is 0 Å². The lowest BCUT2D eigenvalue weighted by Gasteiger charge is -2.34. The molecule has 5 nitrogen and oxygen atoms in total. The first kappa shape index (κ1) is 21.0. The van der Waals surface area contributed by atoms with Crippen LogP contribution in [0.4, 0.5) is 13.2 Å². The highest BCUT2D eigenvalue weighted by molar-refractivity contribution is 5.79. The van der Waals surface area contributed by atoms with Crippen LogP contribution in [0.15, 0.2) is 4.99 Å². The summed E-state index contributed by atoms with van der Waals surface area (Å²) < 4.78 is 47.1. The number of unbranched alkanes of at least 4 members (excludes halogenated alkanes) is 1. The number of rotatable bonds is 9. The second-order valence-electron chi connectivity index (χ2n) is 5.95. The lowest BCUT2D eigenvalue weighted by Crippen LogP contribution is -2.47. The largest absolute Gasteiger partial charge is 0.389 e. The molecule has 142 valence electrons. The first-order valence-corrected chi connectivity index (χ1v) is 8.59. The fraction of sp³-hybridized carbons (Fsp3) is 0.938. The van der Waals surface area contributed by atoms with E-state index in [2.05, 4.69) is 15.2 Å². The number of halogens is 3. The Morgan fingerprint density at radius 2 is 1.88 bits per heavy atom. The number of methoxy groups -OCH3 is 1. The van der Waals surface area contributed by atoms with Crippen LogP contribution in [0.3, 0.4) is 0 Å². The van der Waals surface area contributed by atoms with Gasteiger partial charge < -0.3 is 19.7 Å². The second-order valence-corrected chi connectivity index (χ2v) is 5.95. The van der Waals surface area contributed by atoms with Gasteiger partial charge in [-0.1, -0.05) is 0 Å². The molecule has 1 aliphatic heterocycles.